The average Bonchev–Trinajstić information content (AvgIpc) is 3.03. The fourth-order valence-electron chi connectivity index (χ4n) is 4.01. The topological polar surface area (TPSA) is 76.6 Å². The van der Waals surface area contributed by atoms with Crippen LogP contribution in [0.2, 0.25) is 0 Å². The van der Waals surface area contributed by atoms with E-state index in [4.69, 9.17) is 4.74 Å². The Hall–Kier alpha value is -1.47. The zero-order valence-corrected chi connectivity index (χ0v) is 14.8. The molecule has 0 radical (unpaired) electrons. The number of carbonyl (C=O) groups excluding carboxylic acids is 1. The van der Waals surface area contributed by atoms with Gasteiger partial charge in [0, 0.05) is 37.2 Å². The van der Waals surface area contributed by atoms with Crippen LogP contribution < -0.4 is 0 Å². The number of carbonyl (C=O) groups is 1. The van der Waals surface area contributed by atoms with Gasteiger partial charge in [-0.1, -0.05) is 12.5 Å². The zero-order valence-electron chi connectivity index (χ0n) is 14.0. The summed E-state index contributed by atoms with van der Waals surface area (Å²) in [5.74, 6) is -0.264. The second-order valence-electron chi connectivity index (χ2n) is 7.15. The lowest BCUT2D eigenvalue weighted by molar-refractivity contribution is -0.128. The van der Waals surface area contributed by atoms with Crippen LogP contribution in [0.3, 0.4) is 0 Å². The highest BCUT2D eigenvalue weighted by molar-refractivity contribution is 7.91. The van der Waals surface area contributed by atoms with Gasteiger partial charge in [0.2, 0.25) is 5.91 Å². The standard InChI is InChI=1S/C17H24N2O4S/c1-24(21,22)11-16(20)19-9-15-5-2-6-17(15,12-19)13-23-10-14-4-3-7-18-8-14/h3-4,7-8,15H,2,5-6,9-13H2,1H3/t15-,17+/m1/s1. The molecule has 0 aromatic carbocycles. The van der Waals surface area contributed by atoms with Crippen molar-refractivity contribution in [3.05, 3.63) is 30.1 Å². The Morgan fingerprint density at radius 3 is 3.04 bits per heavy atom. The molecule has 0 unspecified atom stereocenters. The quantitative estimate of drug-likeness (QED) is 0.771. The van der Waals surface area contributed by atoms with Gasteiger partial charge in [-0.05, 0) is 30.4 Å². The van der Waals surface area contributed by atoms with E-state index in [-0.39, 0.29) is 11.3 Å². The minimum absolute atomic E-state index is 0.0185. The summed E-state index contributed by atoms with van der Waals surface area (Å²) in [7, 11) is -3.29. The van der Waals surface area contributed by atoms with Crippen molar-refractivity contribution < 1.29 is 17.9 Å². The third-order valence-corrected chi connectivity index (χ3v) is 5.93. The summed E-state index contributed by atoms with van der Waals surface area (Å²) >= 11 is 0. The van der Waals surface area contributed by atoms with Crippen LogP contribution in [0.5, 0.6) is 0 Å². The van der Waals surface area contributed by atoms with E-state index < -0.39 is 15.6 Å². The molecule has 6 nitrogen and oxygen atoms in total. The van der Waals surface area contributed by atoms with Crippen LogP contribution in [0.4, 0.5) is 0 Å². The van der Waals surface area contributed by atoms with Crippen LogP contribution in [-0.2, 0) is 26.0 Å². The summed E-state index contributed by atoms with van der Waals surface area (Å²) < 4.78 is 28.7. The van der Waals surface area contributed by atoms with E-state index in [0.29, 0.717) is 32.2 Å². The van der Waals surface area contributed by atoms with Gasteiger partial charge >= 0.3 is 0 Å². The Morgan fingerprint density at radius 2 is 2.33 bits per heavy atom. The number of rotatable bonds is 6. The summed E-state index contributed by atoms with van der Waals surface area (Å²) in [6.07, 6.45) is 7.90. The molecule has 3 rings (SSSR count). The van der Waals surface area contributed by atoms with Crippen LogP contribution >= 0.6 is 0 Å². The Kier molecular flexibility index (Phi) is 4.92. The zero-order chi connectivity index (χ0) is 17.2. The van der Waals surface area contributed by atoms with Crippen molar-refractivity contribution in [1.82, 2.24) is 9.88 Å². The van der Waals surface area contributed by atoms with Crippen molar-refractivity contribution in [3.63, 3.8) is 0 Å². The smallest absolute Gasteiger partial charge is 0.237 e. The second kappa shape index (κ2) is 6.80. The summed E-state index contributed by atoms with van der Waals surface area (Å²) in [4.78, 5) is 18.0. The Balaban J connectivity index is 1.60. The molecule has 1 saturated heterocycles. The van der Waals surface area contributed by atoms with Crippen LogP contribution in [-0.4, -0.2) is 55.9 Å². The first-order valence-corrected chi connectivity index (χ1v) is 10.4. The van der Waals surface area contributed by atoms with E-state index in [1.54, 1.807) is 17.3 Å². The fraction of sp³-hybridized carbons (Fsp3) is 0.647. The first-order valence-electron chi connectivity index (χ1n) is 8.30. The summed E-state index contributed by atoms with van der Waals surface area (Å²) in [6.45, 7) is 2.39. The van der Waals surface area contributed by atoms with Gasteiger partial charge in [0.25, 0.3) is 0 Å². The van der Waals surface area contributed by atoms with Gasteiger partial charge in [-0.15, -0.1) is 0 Å². The molecule has 2 atom stereocenters. The van der Waals surface area contributed by atoms with Crippen molar-refractivity contribution in [2.45, 2.75) is 25.9 Å². The molecule has 2 aliphatic rings. The molecular weight excluding hydrogens is 328 g/mol. The SMILES string of the molecule is CS(=O)(=O)CC(=O)N1C[C@H]2CCC[C@@]2(COCc2cccnc2)C1. The molecule has 1 aliphatic carbocycles. The largest absolute Gasteiger partial charge is 0.376 e. The molecule has 0 spiro atoms. The normalized spacial score (nSPS) is 26.5. The molecule has 0 N–H and O–H groups in total. The van der Waals surface area contributed by atoms with Crippen LogP contribution in [0.15, 0.2) is 24.5 Å². The maximum Gasteiger partial charge on any atom is 0.237 e. The minimum atomic E-state index is -3.29. The third kappa shape index (κ3) is 3.95. The fourth-order valence-corrected chi connectivity index (χ4v) is 4.64. The number of ether oxygens (including phenoxy) is 1. The van der Waals surface area contributed by atoms with E-state index >= 15 is 0 Å². The second-order valence-corrected chi connectivity index (χ2v) is 9.29. The van der Waals surface area contributed by atoms with Gasteiger partial charge in [-0.3, -0.25) is 9.78 Å². The molecule has 2 heterocycles. The predicted molar refractivity (Wildman–Crippen MR) is 90.0 cm³/mol. The number of aromatic nitrogens is 1. The van der Waals surface area contributed by atoms with E-state index in [9.17, 15) is 13.2 Å². The summed E-state index contributed by atoms with van der Waals surface area (Å²) in [5, 5.41) is 0. The number of likely N-dealkylation sites (tertiary alicyclic amines) is 1. The third-order valence-electron chi connectivity index (χ3n) is 5.16. The van der Waals surface area contributed by atoms with E-state index in [1.807, 2.05) is 12.1 Å². The van der Waals surface area contributed by atoms with Crippen LogP contribution in [0.25, 0.3) is 0 Å². The number of sulfone groups is 1. The van der Waals surface area contributed by atoms with E-state index in [0.717, 1.165) is 31.1 Å². The van der Waals surface area contributed by atoms with Gasteiger partial charge in [-0.25, -0.2) is 8.42 Å². The molecule has 1 aliphatic heterocycles. The molecule has 1 aromatic rings. The van der Waals surface area contributed by atoms with Crippen molar-refractivity contribution in [3.8, 4) is 0 Å². The van der Waals surface area contributed by atoms with Gasteiger partial charge in [-0.2, -0.15) is 0 Å². The van der Waals surface area contributed by atoms with Crippen molar-refractivity contribution >= 4 is 15.7 Å². The Bertz CT molecular complexity index is 692. The molecule has 1 aromatic heterocycles. The highest BCUT2D eigenvalue weighted by atomic mass is 32.2. The predicted octanol–water partition coefficient (Wildman–Crippen LogP) is 1.27. The van der Waals surface area contributed by atoms with Gasteiger partial charge in [0.15, 0.2) is 9.84 Å². The highest BCUT2D eigenvalue weighted by Crippen LogP contribution is 2.49. The van der Waals surface area contributed by atoms with E-state index in [1.165, 1.54) is 0 Å². The maximum atomic E-state index is 12.2. The number of nitrogens with zero attached hydrogens (tertiary/aromatic N) is 2. The Morgan fingerprint density at radius 1 is 1.50 bits per heavy atom. The van der Waals surface area contributed by atoms with Gasteiger partial charge in [0.1, 0.15) is 5.75 Å². The van der Waals surface area contributed by atoms with Crippen molar-refractivity contribution in [2.75, 3.05) is 31.7 Å². The molecule has 24 heavy (non-hydrogen) atoms. The first-order chi connectivity index (χ1) is 11.4. The number of fused-ring (bicyclic) bond motifs is 1. The molecular formula is C17H24N2O4S. The monoisotopic (exact) mass is 352 g/mol. The number of hydrogen-bond acceptors (Lipinski definition) is 5. The molecule has 132 valence electrons. The van der Waals surface area contributed by atoms with Gasteiger partial charge in [0.05, 0.1) is 13.2 Å². The van der Waals surface area contributed by atoms with Gasteiger partial charge < -0.3 is 9.64 Å². The highest BCUT2D eigenvalue weighted by Gasteiger charge is 2.50. The average molecular weight is 352 g/mol. The molecule has 1 amide bonds. The molecule has 1 saturated carbocycles. The summed E-state index contributed by atoms with van der Waals surface area (Å²) in [6, 6.07) is 3.86. The lowest BCUT2D eigenvalue weighted by atomic mass is 9.81. The van der Waals surface area contributed by atoms with E-state index in [2.05, 4.69) is 4.98 Å². The maximum absolute atomic E-state index is 12.2. The minimum Gasteiger partial charge on any atom is -0.376 e. The number of hydrogen-bond donors (Lipinski definition) is 0. The molecule has 2 fully saturated rings. The molecule has 0 bridgehead atoms. The van der Waals surface area contributed by atoms with Crippen molar-refractivity contribution in [2.24, 2.45) is 11.3 Å². The van der Waals surface area contributed by atoms with Crippen molar-refractivity contribution in [1.29, 1.82) is 0 Å². The lowest BCUT2D eigenvalue weighted by Gasteiger charge is -2.28. The first kappa shape index (κ1) is 17.4. The number of amides is 1. The summed E-state index contributed by atoms with van der Waals surface area (Å²) in [5.41, 5.74) is 1.02. The number of pyridine rings is 1. The molecule has 7 heteroatoms. The Labute approximate surface area is 143 Å². The lowest BCUT2D eigenvalue weighted by Crippen LogP contribution is -2.37. The van der Waals surface area contributed by atoms with Crippen LogP contribution in [0, 0.1) is 11.3 Å². The van der Waals surface area contributed by atoms with Crippen LogP contribution in [0.1, 0.15) is 24.8 Å².